The maximum Gasteiger partial charge on any atom is 0.0901 e. The fourth-order valence-corrected chi connectivity index (χ4v) is 3.08. The Balaban J connectivity index is 2.01. The monoisotopic (exact) mass is 293 g/mol. The van der Waals surface area contributed by atoms with Crippen LogP contribution in [0.25, 0.3) is 0 Å². The van der Waals surface area contributed by atoms with Crippen molar-refractivity contribution in [1.82, 2.24) is 15.1 Å². The highest BCUT2D eigenvalue weighted by atomic mass is 16.5. The van der Waals surface area contributed by atoms with Gasteiger partial charge in [0.05, 0.1) is 11.8 Å². The van der Waals surface area contributed by atoms with Crippen molar-refractivity contribution in [1.29, 1.82) is 0 Å². The molecule has 1 fully saturated rings. The Hall–Kier alpha value is -0.870. The van der Waals surface area contributed by atoms with E-state index in [9.17, 15) is 0 Å². The smallest absolute Gasteiger partial charge is 0.0901 e. The Kier molecular flexibility index (Phi) is 5.10. The molecule has 1 N–H and O–H groups in total. The zero-order chi connectivity index (χ0) is 15.6. The molecule has 1 aromatic heterocycles. The summed E-state index contributed by atoms with van der Waals surface area (Å²) in [5.41, 5.74) is 4.02. The third-order valence-corrected chi connectivity index (χ3v) is 5.03. The molecule has 1 aliphatic rings. The molecule has 0 saturated carbocycles. The Labute approximate surface area is 129 Å². The molecule has 0 amide bonds. The summed E-state index contributed by atoms with van der Waals surface area (Å²) in [5.74, 6) is 0.555. The van der Waals surface area contributed by atoms with Gasteiger partial charge in [0, 0.05) is 43.9 Å². The van der Waals surface area contributed by atoms with Crippen molar-refractivity contribution in [2.45, 2.75) is 53.6 Å². The average molecular weight is 293 g/mol. The number of hydrogen-bond acceptors (Lipinski definition) is 3. The molecule has 120 valence electrons. The molecule has 2 heterocycles. The summed E-state index contributed by atoms with van der Waals surface area (Å²) in [6.45, 7) is 14.1. The van der Waals surface area contributed by atoms with Crippen LogP contribution in [0.3, 0.4) is 0 Å². The summed E-state index contributed by atoms with van der Waals surface area (Å²) in [4.78, 5) is 0. The summed E-state index contributed by atoms with van der Waals surface area (Å²) < 4.78 is 8.01. The average Bonchev–Trinajstić information content (AvgIpc) is 2.95. The zero-order valence-corrected chi connectivity index (χ0v) is 14.5. The fraction of sp³-hybridized carbons (Fsp3) is 0.824. The van der Waals surface area contributed by atoms with E-state index >= 15 is 0 Å². The van der Waals surface area contributed by atoms with E-state index in [2.05, 4.69) is 45.0 Å². The van der Waals surface area contributed by atoms with Gasteiger partial charge in [-0.05, 0) is 32.1 Å². The molecule has 4 heteroatoms. The van der Waals surface area contributed by atoms with Gasteiger partial charge in [-0.2, -0.15) is 5.10 Å². The number of hydrogen-bond donors (Lipinski definition) is 1. The van der Waals surface area contributed by atoms with Gasteiger partial charge in [-0.25, -0.2) is 0 Å². The lowest BCUT2D eigenvalue weighted by molar-refractivity contribution is 0.0887. The predicted octanol–water partition coefficient (Wildman–Crippen LogP) is 3.14. The van der Waals surface area contributed by atoms with Crippen molar-refractivity contribution in [3.8, 4) is 0 Å². The minimum Gasteiger partial charge on any atom is -0.373 e. The number of nitrogens with zero attached hydrogens (tertiary/aromatic N) is 2. The molecule has 1 aliphatic heterocycles. The van der Waals surface area contributed by atoms with Gasteiger partial charge < -0.3 is 10.1 Å². The minimum absolute atomic E-state index is 0.205. The van der Waals surface area contributed by atoms with Gasteiger partial charge in [0.2, 0.25) is 0 Å². The van der Waals surface area contributed by atoms with Crippen molar-refractivity contribution >= 4 is 0 Å². The van der Waals surface area contributed by atoms with Crippen LogP contribution in [0.5, 0.6) is 0 Å². The first-order valence-electron chi connectivity index (χ1n) is 8.18. The maximum atomic E-state index is 6.04. The van der Waals surface area contributed by atoms with Gasteiger partial charge in [0.15, 0.2) is 0 Å². The molecule has 1 aromatic rings. The van der Waals surface area contributed by atoms with Gasteiger partial charge in [-0.1, -0.05) is 20.8 Å². The van der Waals surface area contributed by atoms with E-state index in [1.807, 2.05) is 11.7 Å². The van der Waals surface area contributed by atoms with E-state index in [1.54, 1.807) is 0 Å². The Morgan fingerprint density at radius 3 is 2.67 bits per heavy atom. The summed E-state index contributed by atoms with van der Waals surface area (Å²) in [5, 5.41) is 8.20. The second kappa shape index (κ2) is 6.49. The van der Waals surface area contributed by atoms with Crippen LogP contribution >= 0.6 is 0 Å². The molecule has 4 nitrogen and oxygen atoms in total. The maximum absolute atomic E-state index is 6.04. The lowest BCUT2D eigenvalue weighted by Crippen LogP contribution is -2.33. The van der Waals surface area contributed by atoms with E-state index in [0.717, 1.165) is 31.8 Å². The molecule has 0 spiro atoms. The first-order valence-corrected chi connectivity index (χ1v) is 8.18. The third kappa shape index (κ3) is 3.67. The van der Waals surface area contributed by atoms with Gasteiger partial charge >= 0.3 is 0 Å². The van der Waals surface area contributed by atoms with E-state index in [-0.39, 0.29) is 6.10 Å². The second-order valence-corrected chi connectivity index (χ2v) is 7.20. The fourth-order valence-electron chi connectivity index (χ4n) is 3.08. The molecule has 1 saturated heterocycles. The van der Waals surface area contributed by atoms with Crippen LogP contribution in [0.1, 0.15) is 56.7 Å². The Bertz CT molecular complexity index is 479. The van der Waals surface area contributed by atoms with Crippen LogP contribution < -0.4 is 5.32 Å². The molecular weight excluding hydrogens is 262 g/mol. The molecule has 2 atom stereocenters. The zero-order valence-electron chi connectivity index (χ0n) is 14.5. The van der Waals surface area contributed by atoms with Crippen molar-refractivity contribution in [3.63, 3.8) is 0 Å². The minimum atomic E-state index is 0.205. The molecule has 21 heavy (non-hydrogen) atoms. The van der Waals surface area contributed by atoms with Gasteiger partial charge in [0.25, 0.3) is 0 Å². The lowest BCUT2D eigenvalue weighted by atomic mass is 9.89. The summed E-state index contributed by atoms with van der Waals surface area (Å²) in [6.07, 6.45) is 2.54. The highest BCUT2D eigenvalue weighted by Crippen LogP contribution is 2.37. The van der Waals surface area contributed by atoms with Crippen LogP contribution in [0.2, 0.25) is 0 Å². The Morgan fingerprint density at radius 1 is 1.38 bits per heavy atom. The van der Waals surface area contributed by atoms with Crippen LogP contribution in [-0.2, 0) is 11.8 Å². The van der Waals surface area contributed by atoms with E-state index < -0.39 is 0 Å². The quantitative estimate of drug-likeness (QED) is 0.876. The van der Waals surface area contributed by atoms with Gasteiger partial charge in [-0.15, -0.1) is 0 Å². The number of ether oxygens (including phenoxy) is 1. The summed E-state index contributed by atoms with van der Waals surface area (Å²) in [7, 11) is 2.01. The first-order chi connectivity index (χ1) is 9.85. The highest BCUT2D eigenvalue weighted by Gasteiger charge is 2.33. The standard InChI is InChI=1S/C17H31N3O/c1-7-17(4,5)11-18-10-14-8-9-21-16(14)15-12(2)19-20(6)13(15)3/h14,16,18H,7-11H2,1-6H3/t14-,16+/m1/s1. The molecule has 0 radical (unpaired) electrons. The van der Waals surface area contributed by atoms with Crippen molar-refractivity contribution in [3.05, 3.63) is 17.0 Å². The normalized spacial score (nSPS) is 23.0. The molecular formula is C17H31N3O. The predicted molar refractivity (Wildman–Crippen MR) is 86.4 cm³/mol. The molecule has 0 aliphatic carbocycles. The van der Waals surface area contributed by atoms with Gasteiger partial charge in [0.1, 0.15) is 0 Å². The molecule has 0 bridgehead atoms. The van der Waals surface area contributed by atoms with Crippen molar-refractivity contribution in [2.75, 3.05) is 19.7 Å². The molecule has 0 unspecified atom stereocenters. The van der Waals surface area contributed by atoms with Crippen LogP contribution in [-0.4, -0.2) is 29.5 Å². The SMILES string of the molecule is CCC(C)(C)CNC[C@H]1CCO[C@@H]1c1c(C)nn(C)c1C. The Morgan fingerprint density at radius 2 is 2.10 bits per heavy atom. The van der Waals surface area contributed by atoms with E-state index in [1.165, 1.54) is 17.7 Å². The number of aromatic nitrogens is 2. The van der Waals surface area contributed by atoms with Crippen LogP contribution in [0.4, 0.5) is 0 Å². The van der Waals surface area contributed by atoms with Crippen LogP contribution in [0.15, 0.2) is 0 Å². The van der Waals surface area contributed by atoms with E-state index in [4.69, 9.17) is 4.74 Å². The van der Waals surface area contributed by atoms with Crippen molar-refractivity contribution < 1.29 is 4.74 Å². The first kappa shape index (κ1) is 16.5. The second-order valence-electron chi connectivity index (χ2n) is 7.20. The highest BCUT2D eigenvalue weighted by molar-refractivity contribution is 5.28. The molecule has 0 aromatic carbocycles. The number of nitrogens with one attached hydrogen (secondary N) is 1. The van der Waals surface area contributed by atoms with Crippen LogP contribution in [0, 0.1) is 25.2 Å². The van der Waals surface area contributed by atoms with Crippen molar-refractivity contribution in [2.24, 2.45) is 18.4 Å². The largest absolute Gasteiger partial charge is 0.373 e. The lowest BCUT2D eigenvalue weighted by Gasteiger charge is -2.25. The van der Waals surface area contributed by atoms with E-state index in [0.29, 0.717) is 11.3 Å². The molecule has 2 rings (SSSR count). The van der Waals surface area contributed by atoms with Gasteiger partial charge in [-0.3, -0.25) is 4.68 Å². The number of rotatable bonds is 6. The summed E-state index contributed by atoms with van der Waals surface area (Å²) >= 11 is 0. The summed E-state index contributed by atoms with van der Waals surface area (Å²) in [6, 6.07) is 0. The number of aryl methyl sites for hydroxylation is 2. The topological polar surface area (TPSA) is 39.1 Å². The third-order valence-electron chi connectivity index (χ3n) is 5.03.